The van der Waals surface area contributed by atoms with E-state index in [1.165, 1.54) is 141 Å². The number of phosphoric ester groups is 1. The Morgan fingerprint density at radius 2 is 0.857 bits per heavy atom. The maximum atomic E-state index is 12.6. The number of allylic oxidation sites excluding steroid dienone is 12. The predicted octanol–water partition coefficient (Wildman–Crippen LogP) is 15.4. The van der Waals surface area contributed by atoms with E-state index < -0.39 is 32.5 Å². The van der Waals surface area contributed by atoms with Gasteiger partial charge in [0.1, 0.15) is 6.61 Å². The van der Waals surface area contributed by atoms with Gasteiger partial charge in [0, 0.05) is 19.4 Å². The molecular weight excluding hydrogens is 810 g/mol. The SMILES string of the molecule is CCCCC/C=C/C/C=C/C/C=C/C/C=C/C/C=C/CCC(=O)O[C@H](COC(=O)CCC/C=C/CCCCCCCCCCCCCCCCCCCC)COP(=O)(O)OCCN. The van der Waals surface area contributed by atoms with E-state index in [1.54, 1.807) is 0 Å². The number of ether oxygens (including phenoxy) is 2. The monoisotopic (exact) mass is 904 g/mol. The Kier molecular flexibility index (Phi) is 46.9. The molecule has 3 N–H and O–H groups in total. The summed E-state index contributed by atoms with van der Waals surface area (Å²) in [6.45, 7) is 3.61. The Morgan fingerprint density at radius 3 is 1.33 bits per heavy atom. The fourth-order valence-electron chi connectivity index (χ4n) is 6.80. The fraction of sp³-hybridized carbons (Fsp3) is 0.736. The number of nitrogens with two attached hydrogens (primary N) is 1. The minimum absolute atomic E-state index is 0.0364. The molecule has 0 aliphatic heterocycles. The number of hydrogen-bond donors (Lipinski definition) is 2. The number of esters is 2. The summed E-state index contributed by atoms with van der Waals surface area (Å²) in [4.78, 5) is 35.0. The van der Waals surface area contributed by atoms with Crippen LogP contribution in [0.25, 0.3) is 0 Å². The molecule has 0 bridgehead atoms. The maximum Gasteiger partial charge on any atom is 0.472 e. The van der Waals surface area contributed by atoms with E-state index in [4.69, 9.17) is 24.3 Å². The van der Waals surface area contributed by atoms with Gasteiger partial charge in [0.2, 0.25) is 0 Å². The zero-order valence-corrected chi connectivity index (χ0v) is 41.2. The summed E-state index contributed by atoms with van der Waals surface area (Å²) in [6, 6.07) is 0. The lowest BCUT2D eigenvalue weighted by Crippen LogP contribution is -2.29. The van der Waals surface area contributed by atoms with Crippen LogP contribution < -0.4 is 5.73 Å². The van der Waals surface area contributed by atoms with Gasteiger partial charge < -0.3 is 20.1 Å². The highest BCUT2D eigenvalue weighted by Crippen LogP contribution is 2.43. The lowest BCUT2D eigenvalue weighted by molar-refractivity contribution is -0.161. The standard InChI is InChI=1S/C53H94NO8P/c1-3-5-7-9-11-13-15-17-19-21-23-24-25-26-28-29-31-33-35-37-39-41-43-45-52(55)59-49-51(50-61-63(57,58)60-48-47-54)62-53(56)46-44-42-40-38-36-34-32-30-27-22-20-18-16-14-12-10-8-6-4-2/h12,14,18,20,27,30,34,36-37,39-40,42,51H,3-11,13,15-17,19,21-26,28-29,31-33,35,38,41,43-50,54H2,1-2H3,(H,57,58)/b14-12+,20-18+,30-27+,36-34+,39-37+,42-40+/t51-/m1/s1. The van der Waals surface area contributed by atoms with Crippen LogP contribution in [0.1, 0.15) is 219 Å². The van der Waals surface area contributed by atoms with Gasteiger partial charge in [-0.25, -0.2) is 4.57 Å². The molecule has 0 saturated heterocycles. The molecule has 0 aromatic rings. The summed E-state index contributed by atoms with van der Waals surface area (Å²) < 4.78 is 32.8. The third-order valence-electron chi connectivity index (χ3n) is 10.6. The maximum absolute atomic E-state index is 12.6. The molecule has 0 spiro atoms. The van der Waals surface area contributed by atoms with Crippen molar-refractivity contribution in [1.82, 2.24) is 0 Å². The molecule has 2 atom stereocenters. The molecule has 1 unspecified atom stereocenters. The number of hydrogen-bond acceptors (Lipinski definition) is 8. The molecule has 0 fully saturated rings. The second kappa shape index (κ2) is 48.9. The van der Waals surface area contributed by atoms with E-state index >= 15 is 0 Å². The summed E-state index contributed by atoms with van der Waals surface area (Å²) in [6.07, 6.45) is 61.2. The first kappa shape index (κ1) is 60.5. The van der Waals surface area contributed by atoms with E-state index in [2.05, 4.69) is 74.6 Å². The van der Waals surface area contributed by atoms with Crippen molar-refractivity contribution < 1.29 is 37.6 Å². The van der Waals surface area contributed by atoms with Crippen LogP contribution in [0, 0.1) is 0 Å². The largest absolute Gasteiger partial charge is 0.472 e. The second-order valence-corrected chi connectivity index (χ2v) is 18.1. The van der Waals surface area contributed by atoms with Crippen molar-refractivity contribution in [3.8, 4) is 0 Å². The first-order valence-corrected chi connectivity index (χ1v) is 26.9. The Bertz CT molecular complexity index is 1260. The zero-order valence-electron chi connectivity index (χ0n) is 40.3. The van der Waals surface area contributed by atoms with E-state index in [0.29, 0.717) is 12.8 Å². The lowest BCUT2D eigenvalue weighted by Gasteiger charge is -2.19. The minimum Gasteiger partial charge on any atom is -0.462 e. The molecule has 0 aliphatic carbocycles. The van der Waals surface area contributed by atoms with Gasteiger partial charge in [-0.1, -0.05) is 209 Å². The first-order chi connectivity index (χ1) is 30.8. The third-order valence-corrected chi connectivity index (χ3v) is 11.6. The van der Waals surface area contributed by atoms with Gasteiger partial charge in [-0.15, -0.1) is 0 Å². The van der Waals surface area contributed by atoms with Crippen molar-refractivity contribution in [3.63, 3.8) is 0 Å². The number of carbonyl (C=O) groups excluding carboxylic acids is 2. The summed E-state index contributed by atoms with van der Waals surface area (Å²) in [7, 11) is -4.41. The molecular formula is C53H94NO8P. The zero-order chi connectivity index (χ0) is 46.0. The molecule has 364 valence electrons. The Morgan fingerprint density at radius 1 is 0.476 bits per heavy atom. The van der Waals surface area contributed by atoms with Gasteiger partial charge in [0.05, 0.1) is 13.2 Å². The molecule has 0 heterocycles. The Labute approximate surface area is 386 Å². The van der Waals surface area contributed by atoms with Crippen LogP contribution in [0.4, 0.5) is 0 Å². The van der Waals surface area contributed by atoms with Crippen LogP contribution in [-0.2, 0) is 32.7 Å². The summed E-state index contributed by atoms with van der Waals surface area (Å²) in [5.74, 6) is -0.961. The van der Waals surface area contributed by atoms with Crippen LogP contribution >= 0.6 is 7.82 Å². The molecule has 0 rings (SSSR count). The van der Waals surface area contributed by atoms with Crippen molar-refractivity contribution >= 4 is 19.8 Å². The molecule has 0 aromatic heterocycles. The molecule has 9 nitrogen and oxygen atoms in total. The van der Waals surface area contributed by atoms with Crippen LogP contribution in [0.15, 0.2) is 72.9 Å². The molecule has 0 saturated carbocycles. The number of unbranched alkanes of at least 4 members (excludes halogenated alkanes) is 22. The van der Waals surface area contributed by atoms with Crippen molar-refractivity contribution in [2.45, 2.75) is 225 Å². The average molecular weight is 904 g/mol. The third kappa shape index (κ3) is 48.7. The van der Waals surface area contributed by atoms with Crippen molar-refractivity contribution in [3.05, 3.63) is 72.9 Å². The first-order valence-electron chi connectivity index (χ1n) is 25.4. The molecule has 10 heteroatoms. The van der Waals surface area contributed by atoms with Crippen LogP contribution in [0.5, 0.6) is 0 Å². The molecule has 0 radical (unpaired) electrons. The molecule has 0 aliphatic rings. The predicted molar refractivity (Wildman–Crippen MR) is 266 cm³/mol. The second-order valence-electron chi connectivity index (χ2n) is 16.7. The fourth-order valence-corrected chi connectivity index (χ4v) is 7.56. The molecule has 0 aromatic carbocycles. The van der Waals surface area contributed by atoms with Crippen LogP contribution in [0.3, 0.4) is 0 Å². The highest BCUT2D eigenvalue weighted by atomic mass is 31.2. The highest BCUT2D eigenvalue weighted by Gasteiger charge is 2.25. The molecule has 63 heavy (non-hydrogen) atoms. The quantitative estimate of drug-likeness (QED) is 0.0265. The average Bonchev–Trinajstić information content (AvgIpc) is 3.27. The van der Waals surface area contributed by atoms with E-state index in [1.807, 2.05) is 12.2 Å². The lowest BCUT2D eigenvalue weighted by atomic mass is 10.0. The van der Waals surface area contributed by atoms with Crippen LogP contribution in [-0.4, -0.2) is 49.3 Å². The number of phosphoric acid groups is 1. The Hall–Kier alpha value is -2.55. The van der Waals surface area contributed by atoms with Crippen LogP contribution in [0.2, 0.25) is 0 Å². The summed E-state index contributed by atoms with van der Waals surface area (Å²) in [5.41, 5.74) is 5.36. The highest BCUT2D eigenvalue weighted by molar-refractivity contribution is 7.47. The van der Waals surface area contributed by atoms with Gasteiger partial charge >= 0.3 is 19.8 Å². The van der Waals surface area contributed by atoms with Gasteiger partial charge in [0.25, 0.3) is 0 Å². The van der Waals surface area contributed by atoms with Gasteiger partial charge in [-0.05, 0) is 70.6 Å². The van der Waals surface area contributed by atoms with E-state index in [-0.39, 0.29) is 32.6 Å². The van der Waals surface area contributed by atoms with Gasteiger partial charge in [0.15, 0.2) is 6.10 Å². The summed E-state index contributed by atoms with van der Waals surface area (Å²) in [5, 5.41) is 0. The van der Waals surface area contributed by atoms with E-state index in [0.717, 1.165) is 38.5 Å². The van der Waals surface area contributed by atoms with Crippen molar-refractivity contribution in [1.29, 1.82) is 0 Å². The topological polar surface area (TPSA) is 134 Å². The minimum atomic E-state index is -4.41. The van der Waals surface area contributed by atoms with E-state index in [9.17, 15) is 19.0 Å². The van der Waals surface area contributed by atoms with Gasteiger partial charge in [-0.2, -0.15) is 0 Å². The van der Waals surface area contributed by atoms with Crippen molar-refractivity contribution in [2.24, 2.45) is 5.73 Å². The normalized spacial score (nSPS) is 13.8. The smallest absolute Gasteiger partial charge is 0.462 e. The van der Waals surface area contributed by atoms with Gasteiger partial charge in [-0.3, -0.25) is 18.6 Å². The number of carbonyl (C=O) groups is 2. The van der Waals surface area contributed by atoms with Crippen molar-refractivity contribution in [2.75, 3.05) is 26.4 Å². The summed E-state index contributed by atoms with van der Waals surface area (Å²) >= 11 is 0. The number of rotatable bonds is 47. The molecule has 0 amide bonds. The Balaban J connectivity index is 4.17.